The van der Waals surface area contributed by atoms with Gasteiger partial charge in [-0.1, -0.05) is 49.5 Å². The Kier molecular flexibility index (Phi) is 42.4. The molecule has 0 amide bonds. The summed E-state index contributed by atoms with van der Waals surface area (Å²) in [5, 5.41) is 2.40. The highest BCUT2D eigenvalue weighted by atomic mass is 32.1. The first-order valence-corrected chi connectivity index (χ1v) is 11.8. The standard InChI is InChI=1S/C14H9FNPS.C13H5PS.3CH4/c1-3-4-5-6-7-8-9-10-11-12-14(2,18)17-13-16-15;1-2-3-4-5-6-7-8-9-10-11-12-14-13-15;;;/h13,17-18H,1-2H3;1,14-15H,13H2;3*1H4. The molecule has 0 aromatic heterocycles. The zero-order chi connectivity index (χ0) is 24.9. The number of nitrogens with zero attached hydrogens (tertiary/aromatic N) is 1. The highest BCUT2D eigenvalue weighted by Crippen LogP contribution is 2.32. The summed E-state index contributed by atoms with van der Waals surface area (Å²) >= 11 is 8.25. The third-order valence-corrected chi connectivity index (χ3v) is 4.41. The summed E-state index contributed by atoms with van der Waals surface area (Å²) in [5.41, 5.74) is 3.60. The van der Waals surface area contributed by atoms with E-state index in [4.69, 9.17) is 6.42 Å². The van der Waals surface area contributed by atoms with Crippen LogP contribution in [0.1, 0.15) is 36.1 Å². The van der Waals surface area contributed by atoms with Crippen LogP contribution in [0.2, 0.25) is 0 Å². The molecule has 36 heavy (non-hydrogen) atoms. The quantitative estimate of drug-likeness (QED) is 0.206. The average Bonchev–Trinajstić information content (AvgIpc) is 2.80. The molecule has 0 N–H and O–H groups in total. The van der Waals surface area contributed by atoms with Crippen molar-refractivity contribution >= 4 is 48.4 Å². The van der Waals surface area contributed by atoms with Crippen molar-refractivity contribution in [3.05, 3.63) is 0 Å². The fourth-order valence-corrected chi connectivity index (χ4v) is 2.09. The van der Waals surface area contributed by atoms with Gasteiger partial charge < -0.3 is 0 Å². The number of rotatable bonds is 3. The second kappa shape index (κ2) is 35.9. The van der Waals surface area contributed by atoms with E-state index in [1.165, 1.54) is 0 Å². The number of hydrogen-bond acceptors (Lipinski definition) is 3. The Morgan fingerprint density at radius 3 is 1.61 bits per heavy atom. The lowest BCUT2D eigenvalue weighted by Crippen LogP contribution is -2.04. The predicted molar refractivity (Wildman–Crippen MR) is 170 cm³/mol. The molecule has 0 saturated heterocycles. The molecule has 1 nitrogen and oxygen atoms in total. The third-order valence-electron chi connectivity index (χ3n) is 2.06. The van der Waals surface area contributed by atoms with Crippen LogP contribution in [0, 0.1) is 130 Å². The van der Waals surface area contributed by atoms with Crippen molar-refractivity contribution in [3.63, 3.8) is 0 Å². The fraction of sp³-hybridized carbons (Fsp3) is 0.233. The number of thiol groups is 2. The number of terminal acetylenes is 1. The molecule has 0 aliphatic carbocycles. The van der Waals surface area contributed by atoms with Gasteiger partial charge >= 0.3 is 0 Å². The van der Waals surface area contributed by atoms with Crippen LogP contribution in [0.15, 0.2) is 5.21 Å². The average molecular weight is 546 g/mol. The lowest BCUT2D eigenvalue weighted by atomic mass is 10.4. The van der Waals surface area contributed by atoms with Crippen molar-refractivity contribution in [2.75, 3.05) is 5.49 Å². The molecule has 0 heterocycles. The van der Waals surface area contributed by atoms with Crippen LogP contribution in [-0.4, -0.2) is 15.9 Å². The van der Waals surface area contributed by atoms with Gasteiger partial charge in [0.1, 0.15) is 0 Å². The summed E-state index contributed by atoms with van der Waals surface area (Å²) < 4.78 is 10.9. The van der Waals surface area contributed by atoms with Crippen LogP contribution < -0.4 is 0 Å². The summed E-state index contributed by atoms with van der Waals surface area (Å²) in [6, 6.07) is 0. The van der Waals surface area contributed by atoms with Crippen molar-refractivity contribution in [1.29, 1.82) is 0 Å². The Balaban J connectivity index is -0.000000166. The molecule has 180 valence electrons. The van der Waals surface area contributed by atoms with Crippen molar-refractivity contribution in [3.8, 4) is 130 Å². The Morgan fingerprint density at radius 1 is 0.778 bits per heavy atom. The normalized spacial score (nSPS) is 8.00. The van der Waals surface area contributed by atoms with Gasteiger partial charge in [0.25, 0.3) is 0 Å². The molecule has 0 saturated carbocycles. The molecule has 0 aliphatic rings. The Labute approximate surface area is 233 Å². The molecule has 3 atom stereocenters. The van der Waals surface area contributed by atoms with Crippen LogP contribution >= 0.6 is 42.4 Å². The molecule has 0 fully saturated rings. The van der Waals surface area contributed by atoms with Gasteiger partial charge in [0.2, 0.25) is 0 Å². The molecular formula is C30H26FNP2S2. The summed E-state index contributed by atoms with van der Waals surface area (Å²) in [5.74, 6) is 51.4. The van der Waals surface area contributed by atoms with Crippen molar-refractivity contribution < 1.29 is 4.48 Å². The van der Waals surface area contributed by atoms with Crippen LogP contribution in [-0.2, 0) is 0 Å². The van der Waals surface area contributed by atoms with E-state index in [1.807, 2.05) is 0 Å². The van der Waals surface area contributed by atoms with Gasteiger partial charge in [-0.2, -0.15) is 25.3 Å². The zero-order valence-corrected chi connectivity index (χ0v) is 21.4. The van der Waals surface area contributed by atoms with Crippen LogP contribution in [0.4, 0.5) is 4.48 Å². The summed E-state index contributed by atoms with van der Waals surface area (Å²) in [4.78, 5) is 0. The zero-order valence-electron chi connectivity index (χ0n) is 17.6. The predicted octanol–water partition coefficient (Wildman–Crippen LogP) is 5.33. The highest BCUT2D eigenvalue weighted by Gasteiger charge is 2.13. The summed E-state index contributed by atoms with van der Waals surface area (Å²) in [6.45, 7) is 3.45. The van der Waals surface area contributed by atoms with E-state index < -0.39 is 4.49 Å². The second-order valence-electron chi connectivity index (χ2n) is 4.55. The third kappa shape index (κ3) is 40.7. The van der Waals surface area contributed by atoms with Crippen molar-refractivity contribution in [2.24, 2.45) is 5.21 Å². The molecule has 0 radical (unpaired) electrons. The van der Waals surface area contributed by atoms with E-state index in [-0.39, 0.29) is 30.9 Å². The summed E-state index contributed by atoms with van der Waals surface area (Å²) in [7, 11) is 0.568. The van der Waals surface area contributed by atoms with Crippen LogP contribution in [0.3, 0.4) is 0 Å². The van der Waals surface area contributed by atoms with Gasteiger partial charge in [-0.05, 0) is 138 Å². The Morgan fingerprint density at radius 2 is 1.19 bits per heavy atom. The maximum Gasteiger partial charge on any atom is 0.0932 e. The Bertz CT molecular complexity index is 1370. The molecule has 6 heteroatoms. The van der Waals surface area contributed by atoms with E-state index in [0.717, 1.165) is 11.4 Å². The van der Waals surface area contributed by atoms with Gasteiger partial charge in [-0.3, -0.25) is 0 Å². The van der Waals surface area contributed by atoms with E-state index in [1.54, 1.807) is 13.8 Å². The SMILES string of the molecule is C.C.C.C#CC#CC#CC#CC#CC#CPCS.CC#CC#CC#CC#CC#CC(C)(S)PC=NF. The smallest absolute Gasteiger partial charge is 0.0932 e. The van der Waals surface area contributed by atoms with Gasteiger partial charge in [0, 0.05) is 5.49 Å². The largest absolute Gasteiger partial charge is 0.174 e. The Hall–Kier alpha value is -3.68. The molecular weight excluding hydrogens is 519 g/mol. The fourth-order valence-electron chi connectivity index (χ4n) is 0.959. The number of halogens is 1. The van der Waals surface area contributed by atoms with E-state index in [0.29, 0.717) is 8.58 Å². The molecule has 0 rings (SSSR count). The lowest BCUT2D eigenvalue weighted by molar-refractivity contribution is 0.543. The van der Waals surface area contributed by atoms with E-state index >= 15 is 0 Å². The van der Waals surface area contributed by atoms with Crippen LogP contribution in [0.5, 0.6) is 0 Å². The van der Waals surface area contributed by atoms with E-state index in [2.05, 4.69) is 155 Å². The first-order valence-electron chi connectivity index (χ1n) is 8.40. The van der Waals surface area contributed by atoms with Crippen molar-refractivity contribution in [2.45, 2.75) is 40.6 Å². The van der Waals surface area contributed by atoms with Gasteiger partial charge in [-0.25, -0.2) is 0 Å². The van der Waals surface area contributed by atoms with Gasteiger partial charge in [-0.15, -0.1) is 6.42 Å². The van der Waals surface area contributed by atoms with Gasteiger partial charge in [0.05, 0.1) is 10.4 Å². The molecule has 3 unspecified atom stereocenters. The number of hydrogen-bond donors (Lipinski definition) is 2. The molecule has 0 aromatic rings. The minimum Gasteiger partial charge on any atom is -0.174 e. The van der Waals surface area contributed by atoms with Crippen LogP contribution in [0.25, 0.3) is 0 Å². The first-order chi connectivity index (χ1) is 16.0. The summed E-state index contributed by atoms with van der Waals surface area (Å²) in [6.07, 6.45) is 4.88. The topological polar surface area (TPSA) is 12.4 Å². The first kappa shape index (κ1) is 42.5. The molecule has 0 spiro atoms. The van der Waals surface area contributed by atoms with Gasteiger partial charge in [0.15, 0.2) is 0 Å². The minimum atomic E-state index is -0.631. The minimum absolute atomic E-state index is 0. The molecule has 0 aromatic carbocycles. The maximum absolute atomic E-state index is 11.6. The highest BCUT2D eigenvalue weighted by molar-refractivity contribution is 7.91. The lowest BCUT2D eigenvalue weighted by Gasteiger charge is -2.11. The molecule has 0 bridgehead atoms. The second-order valence-corrected chi connectivity index (χ2v) is 9.28. The maximum atomic E-state index is 11.6. The monoisotopic (exact) mass is 545 g/mol. The van der Waals surface area contributed by atoms with E-state index in [9.17, 15) is 4.48 Å². The molecule has 0 aliphatic heterocycles. The van der Waals surface area contributed by atoms with Crippen molar-refractivity contribution in [1.82, 2.24) is 0 Å².